The number of carbonyl (C=O) groups excluding carboxylic acids is 1. The van der Waals surface area contributed by atoms with E-state index >= 15 is 0 Å². The van der Waals surface area contributed by atoms with Crippen LogP contribution in [-0.2, 0) is 4.79 Å². The number of alkyl halides is 2. The van der Waals surface area contributed by atoms with Gasteiger partial charge in [-0.15, -0.1) is 0 Å². The molecule has 0 saturated heterocycles. The molecular weight excluding hydrogens is 300 g/mol. The number of rotatable bonds is 7. The Labute approximate surface area is 125 Å². The Morgan fingerprint density at radius 1 is 1.29 bits per heavy atom. The van der Waals surface area contributed by atoms with Gasteiger partial charge in [0.15, 0.2) is 0 Å². The summed E-state index contributed by atoms with van der Waals surface area (Å²) in [4.78, 5) is 23.5. The third kappa shape index (κ3) is 5.34. The first kappa shape index (κ1) is 17.4. The third-order valence-electron chi connectivity index (χ3n) is 3.11. The normalized spacial score (nSPS) is 13.8. The fourth-order valence-electron chi connectivity index (χ4n) is 1.70. The van der Waals surface area contributed by atoms with Crippen LogP contribution in [0.25, 0.3) is 0 Å². The second kappa shape index (κ2) is 7.97. The molecule has 4 nitrogen and oxygen atoms in total. The standard InChI is InChI=1S/C14H17F2NO3S/c1-3-8(2)11(13(19)20)17-12(18)9-4-6-10(7-5-9)21-14(15)16/h4-8,11,14H,3H2,1-2H3,(H,17,18)(H,19,20)/t8-,11-/m0/s1. The van der Waals surface area contributed by atoms with Gasteiger partial charge in [-0.05, 0) is 30.2 Å². The van der Waals surface area contributed by atoms with Crippen molar-refractivity contribution in [1.82, 2.24) is 5.32 Å². The van der Waals surface area contributed by atoms with Crippen LogP contribution in [0.5, 0.6) is 0 Å². The topological polar surface area (TPSA) is 66.4 Å². The highest BCUT2D eigenvalue weighted by atomic mass is 32.2. The van der Waals surface area contributed by atoms with E-state index in [2.05, 4.69) is 5.32 Å². The van der Waals surface area contributed by atoms with E-state index in [0.717, 1.165) is 0 Å². The molecule has 21 heavy (non-hydrogen) atoms. The summed E-state index contributed by atoms with van der Waals surface area (Å²) >= 11 is 0.387. The highest BCUT2D eigenvalue weighted by Crippen LogP contribution is 2.25. The summed E-state index contributed by atoms with van der Waals surface area (Å²) in [5.41, 5.74) is 0.239. The summed E-state index contributed by atoms with van der Waals surface area (Å²) in [6.07, 6.45) is 0.612. The molecule has 2 N–H and O–H groups in total. The predicted octanol–water partition coefficient (Wildman–Crippen LogP) is 3.23. The quantitative estimate of drug-likeness (QED) is 0.758. The van der Waals surface area contributed by atoms with E-state index in [1.54, 1.807) is 6.92 Å². The zero-order valence-electron chi connectivity index (χ0n) is 11.7. The van der Waals surface area contributed by atoms with Crippen molar-refractivity contribution < 1.29 is 23.5 Å². The number of carboxylic acid groups (broad SMARTS) is 1. The summed E-state index contributed by atoms with van der Waals surface area (Å²) in [5.74, 6) is -4.36. The predicted molar refractivity (Wildman–Crippen MR) is 76.6 cm³/mol. The Morgan fingerprint density at radius 2 is 1.86 bits per heavy atom. The lowest BCUT2D eigenvalue weighted by Gasteiger charge is -2.20. The Balaban J connectivity index is 2.76. The Hall–Kier alpha value is -1.63. The van der Waals surface area contributed by atoms with Gasteiger partial charge in [0.1, 0.15) is 6.04 Å². The van der Waals surface area contributed by atoms with Gasteiger partial charge in [-0.3, -0.25) is 4.79 Å². The molecule has 7 heteroatoms. The average molecular weight is 317 g/mol. The summed E-state index contributed by atoms with van der Waals surface area (Å²) in [6.45, 7) is 3.57. The molecule has 0 fully saturated rings. The number of aliphatic carboxylic acids is 1. The maximum Gasteiger partial charge on any atom is 0.326 e. The zero-order chi connectivity index (χ0) is 16.0. The van der Waals surface area contributed by atoms with E-state index in [1.165, 1.54) is 24.3 Å². The summed E-state index contributed by atoms with van der Waals surface area (Å²) in [6, 6.07) is 4.64. The molecule has 116 valence electrons. The number of amides is 1. The molecule has 1 aromatic rings. The van der Waals surface area contributed by atoms with Gasteiger partial charge < -0.3 is 10.4 Å². The smallest absolute Gasteiger partial charge is 0.326 e. The van der Waals surface area contributed by atoms with Gasteiger partial charge in [0.25, 0.3) is 11.7 Å². The van der Waals surface area contributed by atoms with Crippen molar-refractivity contribution in [3.05, 3.63) is 29.8 Å². The molecule has 0 aromatic heterocycles. The summed E-state index contributed by atoms with van der Waals surface area (Å²) in [7, 11) is 0. The van der Waals surface area contributed by atoms with Gasteiger partial charge in [-0.1, -0.05) is 32.0 Å². The molecule has 0 aliphatic carbocycles. The lowest BCUT2D eigenvalue weighted by atomic mass is 9.99. The van der Waals surface area contributed by atoms with Crippen LogP contribution < -0.4 is 5.32 Å². The lowest BCUT2D eigenvalue weighted by Crippen LogP contribution is -2.45. The highest BCUT2D eigenvalue weighted by Gasteiger charge is 2.25. The summed E-state index contributed by atoms with van der Waals surface area (Å²) in [5, 5.41) is 11.6. The minimum Gasteiger partial charge on any atom is -0.480 e. The first-order chi connectivity index (χ1) is 9.85. The molecule has 0 aliphatic rings. The third-order valence-corrected chi connectivity index (χ3v) is 3.83. The SMILES string of the molecule is CC[C@H](C)[C@H](NC(=O)c1ccc(SC(F)F)cc1)C(=O)O. The Kier molecular flexibility index (Phi) is 6.61. The minimum absolute atomic E-state index is 0.208. The molecule has 0 bridgehead atoms. The van der Waals surface area contributed by atoms with Crippen LogP contribution in [0.3, 0.4) is 0 Å². The molecule has 1 aromatic carbocycles. The van der Waals surface area contributed by atoms with Crippen molar-refractivity contribution in [3.63, 3.8) is 0 Å². The monoisotopic (exact) mass is 317 g/mol. The van der Waals surface area contributed by atoms with Crippen LogP contribution in [0.15, 0.2) is 29.2 Å². The molecule has 0 radical (unpaired) electrons. The lowest BCUT2D eigenvalue weighted by molar-refractivity contribution is -0.140. The number of hydrogen-bond acceptors (Lipinski definition) is 3. The fraction of sp³-hybridized carbons (Fsp3) is 0.429. The fourth-order valence-corrected chi connectivity index (χ4v) is 2.19. The van der Waals surface area contributed by atoms with Gasteiger partial charge in [-0.2, -0.15) is 8.78 Å². The van der Waals surface area contributed by atoms with Gasteiger partial charge in [0, 0.05) is 10.5 Å². The van der Waals surface area contributed by atoms with Gasteiger partial charge in [-0.25, -0.2) is 4.79 Å². The number of nitrogens with one attached hydrogen (secondary N) is 1. The van der Waals surface area contributed by atoms with Crippen molar-refractivity contribution in [2.24, 2.45) is 5.92 Å². The largest absolute Gasteiger partial charge is 0.480 e. The van der Waals surface area contributed by atoms with Crippen LogP contribution in [0.1, 0.15) is 30.6 Å². The van der Waals surface area contributed by atoms with Crippen molar-refractivity contribution in [2.75, 3.05) is 0 Å². The number of carboxylic acids is 1. The zero-order valence-corrected chi connectivity index (χ0v) is 12.5. The first-order valence-corrected chi connectivity index (χ1v) is 7.31. The molecular formula is C14H17F2NO3S. The van der Waals surface area contributed by atoms with Crippen LogP contribution in [0.2, 0.25) is 0 Å². The molecule has 0 unspecified atom stereocenters. The van der Waals surface area contributed by atoms with E-state index in [1.807, 2.05) is 6.92 Å². The molecule has 1 amide bonds. The second-order valence-electron chi connectivity index (χ2n) is 4.58. The van der Waals surface area contributed by atoms with Crippen LogP contribution in [0.4, 0.5) is 8.78 Å². The van der Waals surface area contributed by atoms with E-state index in [-0.39, 0.29) is 11.5 Å². The van der Waals surface area contributed by atoms with E-state index in [4.69, 9.17) is 5.11 Å². The molecule has 0 spiro atoms. The average Bonchev–Trinajstić information content (AvgIpc) is 2.43. The molecule has 0 heterocycles. The van der Waals surface area contributed by atoms with Crippen molar-refractivity contribution >= 4 is 23.6 Å². The van der Waals surface area contributed by atoms with E-state index in [0.29, 0.717) is 23.1 Å². The first-order valence-electron chi connectivity index (χ1n) is 6.43. The molecule has 1 rings (SSSR count). The van der Waals surface area contributed by atoms with Crippen LogP contribution >= 0.6 is 11.8 Å². The van der Waals surface area contributed by atoms with Crippen LogP contribution in [0, 0.1) is 5.92 Å². The second-order valence-corrected chi connectivity index (χ2v) is 5.64. The molecule has 2 atom stereocenters. The van der Waals surface area contributed by atoms with Crippen LogP contribution in [-0.4, -0.2) is 28.8 Å². The maximum atomic E-state index is 12.2. The van der Waals surface area contributed by atoms with E-state index in [9.17, 15) is 18.4 Å². The van der Waals surface area contributed by atoms with Gasteiger partial charge >= 0.3 is 5.97 Å². The number of halogens is 2. The number of thioether (sulfide) groups is 1. The summed E-state index contributed by atoms with van der Waals surface area (Å²) < 4.78 is 24.4. The minimum atomic E-state index is -2.52. The highest BCUT2D eigenvalue weighted by molar-refractivity contribution is 7.99. The van der Waals surface area contributed by atoms with Crippen molar-refractivity contribution in [1.29, 1.82) is 0 Å². The van der Waals surface area contributed by atoms with Gasteiger partial charge in [0.05, 0.1) is 0 Å². The van der Waals surface area contributed by atoms with E-state index < -0.39 is 23.7 Å². The number of hydrogen-bond donors (Lipinski definition) is 2. The van der Waals surface area contributed by atoms with Crippen molar-refractivity contribution in [2.45, 2.75) is 37.0 Å². The maximum absolute atomic E-state index is 12.2. The Bertz CT molecular complexity index is 493. The van der Waals surface area contributed by atoms with Gasteiger partial charge in [0.2, 0.25) is 0 Å². The molecule has 0 aliphatic heterocycles. The number of benzene rings is 1. The van der Waals surface area contributed by atoms with Crippen molar-refractivity contribution in [3.8, 4) is 0 Å². The number of carbonyl (C=O) groups is 2. The Morgan fingerprint density at radius 3 is 2.29 bits per heavy atom. The molecule has 0 saturated carbocycles.